The van der Waals surface area contributed by atoms with Crippen molar-refractivity contribution >= 4 is 23.1 Å². The van der Waals surface area contributed by atoms with Crippen LogP contribution < -0.4 is 0 Å². The summed E-state index contributed by atoms with van der Waals surface area (Å²) in [5.41, 5.74) is 1.27. The molecule has 0 atom stereocenters. The van der Waals surface area contributed by atoms with Gasteiger partial charge in [-0.25, -0.2) is 9.78 Å². The minimum Gasteiger partial charge on any atom is -0.478 e. The molecular formula is C18H20N2O3S. The average molecular weight is 344 g/mol. The number of carbonyl (C=O) groups excluding carboxylic acids is 1. The quantitative estimate of drug-likeness (QED) is 0.856. The number of thiazole rings is 1. The molecule has 0 radical (unpaired) electrons. The number of aromatic carboxylic acids is 1. The molecule has 0 spiro atoms. The second-order valence-corrected chi connectivity index (χ2v) is 8.53. The van der Waals surface area contributed by atoms with E-state index >= 15 is 0 Å². The van der Waals surface area contributed by atoms with Crippen LogP contribution in [0.3, 0.4) is 0 Å². The topological polar surface area (TPSA) is 80.2 Å². The van der Waals surface area contributed by atoms with Gasteiger partial charge in [-0.3, -0.25) is 9.78 Å². The van der Waals surface area contributed by atoms with Crippen molar-refractivity contribution in [2.45, 2.75) is 51.4 Å². The van der Waals surface area contributed by atoms with Gasteiger partial charge in [0.25, 0.3) is 0 Å². The molecule has 2 heterocycles. The number of aromatic nitrogens is 2. The molecule has 24 heavy (non-hydrogen) atoms. The highest BCUT2D eigenvalue weighted by Crippen LogP contribution is 2.48. The lowest BCUT2D eigenvalue weighted by atomic mass is 9.69. The molecule has 6 heteroatoms. The van der Waals surface area contributed by atoms with Gasteiger partial charge in [-0.2, -0.15) is 0 Å². The first-order valence-corrected chi connectivity index (χ1v) is 8.69. The third-order valence-electron chi connectivity index (χ3n) is 4.70. The maximum Gasteiger partial charge on any atom is 0.337 e. The maximum atomic E-state index is 12.7. The zero-order valence-corrected chi connectivity index (χ0v) is 15.0. The number of carboxylic acid groups (broad SMARTS) is 1. The van der Waals surface area contributed by atoms with Crippen LogP contribution in [0.5, 0.6) is 0 Å². The highest BCUT2D eigenvalue weighted by Gasteiger charge is 2.41. The van der Waals surface area contributed by atoms with E-state index in [1.807, 2.05) is 0 Å². The first-order chi connectivity index (χ1) is 11.1. The van der Waals surface area contributed by atoms with Crippen molar-refractivity contribution in [3.63, 3.8) is 0 Å². The number of nitrogens with zero attached hydrogens (tertiary/aromatic N) is 2. The van der Waals surface area contributed by atoms with Gasteiger partial charge in [-0.15, -0.1) is 11.3 Å². The molecule has 0 unspecified atom stereocenters. The molecule has 2 aromatic rings. The van der Waals surface area contributed by atoms with Crippen LogP contribution in [0.15, 0.2) is 18.3 Å². The predicted octanol–water partition coefficient (Wildman–Crippen LogP) is 3.82. The first kappa shape index (κ1) is 16.8. The van der Waals surface area contributed by atoms with E-state index < -0.39 is 5.97 Å². The van der Waals surface area contributed by atoms with Crippen molar-refractivity contribution in [2.24, 2.45) is 0 Å². The smallest absolute Gasteiger partial charge is 0.337 e. The van der Waals surface area contributed by atoms with Gasteiger partial charge in [-0.1, -0.05) is 27.7 Å². The predicted molar refractivity (Wildman–Crippen MR) is 92.0 cm³/mol. The van der Waals surface area contributed by atoms with E-state index in [4.69, 9.17) is 5.11 Å². The number of rotatable bonds is 3. The molecule has 0 saturated carbocycles. The Labute approximate surface area is 144 Å². The van der Waals surface area contributed by atoms with Gasteiger partial charge < -0.3 is 5.11 Å². The van der Waals surface area contributed by atoms with E-state index in [0.717, 1.165) is 18.5 Å². The number of hydrogen-bond acceptors (Lipinski definition) is 5. The van der Waals surface area contributed by atoms with Gasteiger partial charge in [-0.05, 0) is 25.0 Å². The summed E-state index contributed by atoms with van der Waals surface area (Å²) in [7, 11) is 0. The fourth-order valence-electron chi connectivity index (χ4n) is 2.96. The minimum atomic E-state index is -1.06. The van der Waals surface area contributed by atoms with Crippen LogP contribution in [-0.4, -0.2) is 26.8 Å². The van der Waals surface area contributed by atoms with E-state index in [0.29, 0.717) is 5.01 Å². The Morgan fingerprint density at radius 2 is 1.79 bits per heavy atom. The second kappa shape index (κ2) is 5.48. The maximum absolute atomic E-state index is 12.7. The van der Waals surface area contributed by atoms with Gasteiger partial charge in [0.15, 0.2) is 5.01 Å². The molecule has 126 valence electrons. The molecule has 2 aromatic heterocycles. The summed E-state index contributed by atoms with van der Waals surface area (Å²) in [5.74, 6) is -1.31. The van der Waals surface area contributed by atoms with Crippen LogP contribution >= 0.6 is 11.3 Å². The van der Waals surface area contributed by atoms with Gasteiger partial charge in [0.1, 0.15) is 5.69 Å². The fourth-order valence-corrected chi connectivity index (χ4v) is 4.28. The summed E-state index contributed by atoms with van der Waals surface area (Å²) in [5, 5.41) is 9.35. The van der Waals surface area contributed by atoms with Crippen LogP contribution in [0.2, 0.25) is 0 Å². The van der Waals surface area contributed by atoms with Crippen LogP contribution in [0.25, 0.3) is 0 Å². The van der Waals surface area contributed by atoms with Crippen LogP contribution in [0.4, 0.5) is 0 Å². The largest absolute Gasteiger partial charge is 0.478 e. The zero-order valence-electron chi connectivity index (χ0n) is 14.2. The lowest BCUT2D eigenvalue weighted by Gasteiger charge is -2.37. The number of carboxylic acids is 1. The standard InChI is InChI=1S/C18H20N2O3S/c1-17(2)7-8-18(3,4)14-13(17)20-15(24-14)12(21)11-6-5-10(9-19-11)16(22)23/h5-6,9H,7-8H2,1-4H3,(H,22,23). The molecule has 0 amide bonds. The number of ketones is 1. The van der Waals surface area contributed by atoms with Crippen molar-refractivity contribution in [3.05, 3.63) is 45.2 Å². The van der Waals surface area contributed by atoms with Crippen molar-refractivity contribution in [1.29, 1.82) is 0 Å². The van der Waals surface area contributed by atoms with Crippen LogP contribution in [0.1, 0.15) is 77.0 Å². The molecule has 3 rings (SSSR count). The molecule has 1 aliphatic rings. The molecular weight excluding hydrogens is 324 g/mol. The number of carbonyl (C=O) groups is 2. The van der Waals surface area contributed by atoms with Gasteiger partial charge in [0.05, 0.1) is 11.3 Å². The van der Waals surface area contributed by atoms with E-state index in [1.54, 1.807) is 0 Å². The summed E-state index contributed by atoms with van der Waals surface area (Å²) < 4.78 is 0. The highest BCUT2D eigenvalue weighted by molar-refractivity contribution is 7.14. The van der Waals surface area contributed by atoms with E-state index in [-0.39, 0.29) is 27.9 Å². The zero-order chi connectivity index (χ0) is 17.7. The molecule has 0 aliphatic heterocycles. The lowest BCUT2D eigenvalue weighted by Crippen LogP contribution is -2.32. The van der Waals surface area contributed by atoms with E-state index in [1.165, 1.54) is 34.5 Å². The Morgan fingerprint density at radius 1 is 1.12 bits per heavy atom. The minimum absolute atomic E-state index is 0.0155. The monoisotopic (exact) mass is 344 g/mol. The van der Waals surface area contributed by atoms with Crippen molar-refractivity contribution in [2.75, 3.05) is 0 Å². The second-order valence-electron chi connectivity index (χ2n) is 7.53. The third-order valence-corrected chi connectivity index (χ3v) is 6.12. The summed E-state index contributed by atoms with van der Waals surface area (Å²) in [4.78, 5) is 33.4. The van der Waals surface area contributed by atoms with Crippen LogP contribution in [0, 0.1) is 0 Å². The Hall–Kier alpha value is -2.08. The van der Waals surface area contributed by atoms with E-state index in [9.17, 15) is 9.59 Å². The lowest BCUT2D eigenvalue weighted by molar-refractivity contribution is 0.0696. The summed E-state index contributed by atoms with van der Waals surface area (Å²) in [6.45, 7) is 8.70. The summed E-state index contributed by atoms with van der Waals surface area (Å²) in [6.07, 6.45) is 3.31. The first-order valence-electron chi connectivity index (χ1n) is 7.88. The van der Waals surface area contributed by atoms with Crippen molar-refractivity contribution < 1.29 is 14.7 Å². The third kappa shape index (κ3) is 2.75. The highest BCUT2D eigenvalue weighted by atomic mass is 32.1. The molecule has 0 saturated heterocycles. The normalized spacial score (nSPS) is 18.0. The van der Waals surface area contributed by atoms with E-state index in [2.05, 4.69) is 37.7 Å². The fraction of sp³-hybridized carbons (Fsp3) is 0.444. The molecule has 0 aromatic carbocycles. The Morgan fingerprint density at radius 3 is 2.33 bits per heavy atom. The van der Waals surface area contributed by atoms with Crippen LogP contribution in [-0.2, 0) is 10.8 Å². The Balaban J connectivity index is 2.00. The summed E-state index contributed by atoms with van der Waals surface area (Å²) >= 11 is 1.44. The van der Waals surface area contributed by atoms with Gasteiger partial charge >= 0.3 is 5.97 Å². The van der Waals surface area contributed by atoms with Gasteiger partial charge in [0, 0.05) is 21.9 Å². The molecule has 0 bridgehead atoms. The van der Waals surface area contributed by atoms with Crippen molar-refractivity contribution in [1.82, 2.24) is 9.97 Å². The molecule has 5 nitrogen and oxygen atoms in total. The average Bonchev–Trinajstić information content (AvgIpc) is 2.99. The molecule has 1 aliphatic carbocycles. The summed E-state index contributed by atoms with van der Waals surface area (Å²) in [6, 6.07) is 2.84. The number of pyridine rings is 1. The Kier molecular flexibility index (Phi) is 3.83. The molecule has 0 fully saturated rings. The SMILES string of the molecule is CC1(C)CCC(C)(C)c2sc(C(=O)c3ccc(C(=O)O)cn3)nc21. The number of hydrogen-bond donors (Lipinski definition) is 1. The molecule has 1 N–H and O–H groups in total. The number of fused-ring (bicyclic) bond motifs is 1. The van der Waals surface area contributed by atoms with Gasteiger partial charge in [0.2, 0.25) is 5.78 Å². The van der Waals surface area contributed by atoms with Crippen molar-refractivity contribution in [3.8, 4) is 0 Å². The Bertz CT molecular complexity index is 786.